The van der Waals surface area contributed by atoms with Gasteiger partial charge in [0.05, 0.1) is 56.4 Å². The number of rotatable bonds is 13. The Labute approximate surface area is 574 Å². The monoisotopic (exact) mass is 1340 g/mol. The summed E-state index contributed by atoms with van der Waals surface area (Å²) in [5.41, 5.74) is 4.56. The second kappa shape index (κ2) is 31.9. The Morgan fingerprint density at radius 2 is 0.959 bits per heavy atom. The number of fused-ring (bicyclic) bond motifs is 6. The second-order valence-corrected chi connectivity index (χ2v) is 28.6. The number of amides is 3. The number of aromatic nitrogens is 2. The summed E-state index contributed by atoms with van der Waals surface area (Å²) in [4.78, 5) is 106. The number of ether oxygens (including phenoxy) is 2. The minimum atomic E-state index is -1.07. The molecule has 2 saturated carbocycles. The molecular weight excluding hydrogens is 1260 g/mol. The lowest BCUT2D eigenvalue weighted by Crippen LogP contribution is -2.46. The summed E-state index contributed by atoms with van der Waals surface area (Å²) in [6.07, 6.45) is 19.6. The number of hydroxylamine groups is 1. The van der Waals surface area contributed by atoms with Gasteiger partial charge in [0.2, 0.25) is 11.8 Å². The smallest absolute Gasteiger partial charge is 0.310 e. The molecule has 2 aliphatic carbocycles. The van der Waals surface area contributed by atoms with Gasteiger partial charge >= 0.3 is 5.97 Å². The fourth-order valence-electron chi connectivity index (χ4n) is 14.3. The lowest BCUT2D eigenvalue weighted by molar-refractivity contribution is -0.147. The van der Waals surface area contributed by atoms with Gasteiger partial charge in [0, 0.05) is 37.5 Å². The lowest BCUT2D eigenvalue weighted by atomic mass is 9.90. The van der Waals surface area contributed by atoms with Crippen LogP contribution in [0.2, 0.25) is 0 Å². The first kappa shape index (κ1) is 67.9. The average Bonchev–Trinajstić information content (AvgIpc) is 1.59. The predicted molar refractivity (Wildman–Crippen MR) is 374 cm³/mol. The molecule has 6 heterocycles. The van der Waals surface area contributed by atoms with Gasteiger partial charge in [-0.2, -0.15) is 11.4 Å². The maximum absolute atomic E-state index is 14.5. The number of Topliss-reactive ketones (excluding diaryl/α,β-unsaturated/α-hetero) is 2. The number of aliphatic carboxylic acids is 1. The number of carbonyl (C=O) groups is 6. The first-order chi connectivity index (χ1) is 47.3. The van der Waals surface area contributed by atoms with Gasteiger partial charge in [-0.15, -0.1) is 0 Å². The van der Waals surface area contributed by atoms with E-state index in [4.69, 9.17) is 20.2 Å². The van der Waals surface area contributed by atoms with Gasteiger partial charge in [-0.05, 0) is 136 Å². The van der Waals surface area contributed by atoms with E-state index in [-0.39, 0.29) is 78.0 Å². The molecule has 0 spiro atoms. The van der Waals surface area contributed by atoms with Crippen molar-refractivity contribution in [2.75, 3.05) is 13.1 Å². The molecule has 4 N–H and O–H groups in total. The summed E-state index contributed by atoms with van der Waals surface area (Å²) in [5, 5.41) is 11.2. The zero-order chi connectivity index (χ0) is 67.1. The van der Waals surface area contributed by atoms with Crippen LogP contribution < -0.4 is 30.5 Å². The highest BCUT2D eigenvalue weighted by Gasteiger charge is 2.62. The Morgan fingerprint density at radius 1 is 0.536 bits per heavy atom. The molecule has 0 radical (unpaired) electrons. The third kappa shape index (κ3) is 17.0. The molecule has 97 heavy (non-hydrogen) atoms. The molecule has 17 nitrogen and oxygen atoms in total. The van der Waals surface area contributed by atoms with Gasteiger partial charge in [0.15, 0.2) is 17.3 Å². The van der Waals surface area contributed by atoms with E-state index in [2.05, 4.69) is 50.6 Å². The van der Waals surface area contributed by atoms with E-state index in [9.17, 15) is 33.9 Å². The molecule has 0 unspecified atom stereocenters. The minimum absolute atomic E-state index is 0.0149. The van der Waals surface area contributed by atoms with Gasteiger partial charge < -0.3 is 34.1 Å². The van der Waals surface area contributed by atoms with Crippen LogP contribution in [0.1, 0.15) is 114 Å². The van der Waals surface area contributed by atoms with Crippen LogP contribution in [-0.4, -0.2) is 97.5 Å². The number of thiazole rings is 2. The van der Waals surface area contributed by atoms with E-state index in [0.29, 0.717) is 73.5 Å². The van der Waals surface area contributed by atoms with Crippen molar-refractivity contribution in [1.29, 1.82) is 0 Å². The molecule has 14 rings (SSSR count). The molecule has 10 atom stereocenters. The van der Waals surface area contributed by atoms with E-state index in [1.807, 2.05) is 140 Å². The number of nitrogens with zero attached hydrogens (tertiary/aromatic N) is 4. The van der Waals surface area contributed by atoms with Crippen molar-refractivity contribution in [3.05, 3.63) is 205 Å². The Bertz CT molecular complexity index is 3990. The quantitative estimate of drug-likeness (QED) is 0.0720. The molecular formula is C78H84N6O11S2. The van der Waals surface area contributed by atoms with Crippen molar-refractivity contribution in [2.45, 2.75) is 140 Å². The maximum atomic E-state index is 14.5. The molecule has 3 amide bonds. The Morgan fingerprint density at radius 3 is 1.41 bits per heavy atom. The number of ketones is 2. The van der Waals surface area contributed by atoms with E-state index in [0.717, 1.165) is 95.8 Å². The zero-order valence-electron chi connectivity index (χ0n) is 54.4. The zero-order valence-corrected chi connectivity index (χ0v) is 56.1. The van der Waals surface area contributed by atoms with Crippen LogP contribution in [0.3, 0.4) is 0 Å². The van der Waals surface area contributed by atoms with Crippen molar-refractivity contribution >= 4 is 78.4 Å². The van der Waals surface area contributed by atoms with E-state index >= 15 is 0 Å². The topological polar surface area (TPSA) is 230 Å². The third-order valence-corrected chi connectivity index (χ3v) is 21.7. The molecule has 8 aromatic rings. The highest BCUT2D eigenvalue weighted by molar-refractivity contribution is 7.20. The maximum Gasteiger partial charge on any atom is 0.310 e. The fourth-order valence-corrected chi connectivity index (χ4v) is 16.1. The van der Waals surface area contributed by atoms with Crippen molar-refractivity contribution in [3.63, 3.8) is 0 Å². The first-order valence-corrected chi connectivity index (χ1v) is 35.8. The van der Waals surface area contributed by atoms with Crippen molar-refractivity contribution in [3.8, 4) is 21.9 Å². The minimum Gasteiger partial charge on any atom is -0.481 e. The molecule has 4 aliphatic heterocycles. The molecule has 6 aliphatic rings. The molecule has 19 heteroatoms. The summed E-state index contributed by atoms with van der Waals surface area (Å²) in [7, 11) is 0. The number of hydrogen-bond donors (Lipinski definition) is 3. The van der Waals surface area contributed by atoms with Gasteiger partial charge in [0.1, 0.15) is 18.0 Å². The van der Waals surface area contributed by atoms with Gasteiger partial charge in [-0.25, -0.2) is 9.97 Å². The number of allylic oxidation sites excluding steroid dienone is 4. The SMILES string of the molecule is NOc1ccccc1.O=C1C[C@]2(C(=O)NOc3ccccc3)C[C@H]2/C=C\CCCCC[C@H](Cc2ccccc2)C(=O)N2C[C@H](Oc3nc4ccccc4s3)C[C@@H]12.O=C1C[C@]2(C(=O)O)C[C@H]2/C=C\CCCCC[C@H](Cc2ccccc2)C(=O)N2C[C@H](Oc3nc4ccccc4s3)C[C@@H]12. The van der Waals surface area contributed by atoms with Crippen LogP contribution in [0.25, 0.3) is 20.4 Å². The molecule has 2 aromatic heterocycles. The summed E-state index contributed by atoms with van der Waals surface area (Å²) in [5.74, 6) is 3.76. The standard InChI is InChI=1S/C39H41N3O5S.C33H36N2O5S.C6H7NO/c43-34-25-39(37(45)41-47-30-18-10-5-11-19-30)24-29(39)17-9-3-1-2-8-16-28(22-27-14-6-4-7-15-27)36(44)42-26-31(23-33(34)42)46-38-40-32-20-12-13-21-35(32)48-38;36-28-20-33(31(38)39)19-24(33)14-8-3-1-2-7-13-23(17-22-11-5-4-6-12-22)30(37)35-21-25(18-27(28)35)40-32-34-26-15-9-10-16-29(26)41-32;7-8-6-4-2-1-3-5-6/h4-7,9-15,17-21,28-29,31,33H,1-3,8,16,22-26H2,(H,41,45);4-6,8-12,14-16,23-25,27H,1-3,7,13,17-21H2,(H,38,39);1-5H,7H2/b17-9-;14-8-;/t28-,29-,31-,33+,39-;23-,24-,25-,27+,33-;/m11./s1. The first-order valence-electron chi connectivity index (χ1n) is 34.1. The number of carboxylic acid groups (broad SMARTS) is 1. The third-order valence-electron chi connectivity index (χ3n) is 19.9. The van der Waals surface area contributed by atoms with Gasteiger partial charge in [-0.3, -0.25) is 28.8 Å². The van der Waals surface area contributed by atoms with Crippen LogP contribution in [-0.2, 0) is 41.6 Å². The Hall–Kier alpha value is -9.04. The Balaban J connectivity index is 0.000000167. The van der Waals surface area contributed by atoms with E-state index in [1.165, 1.54) is 22.7 Å². The van der Waals surface area contributed by atoms with Crippen molar-refractivity contribution < 1.29 is 53.0 Å². The van der Waals surface area contributed by atoms with Crippen LogP contribution >= 0.6 is 22.7 Å². The van der Waals surface area contributed by atoms with Crippen molar-refractivity contribution in [2.24, 2.45) is 40.4 Å². The molecule has 2 saturated heterocycles. The normalized spacial score (nSPS) is 26.6. The number of nitrogens with one attached hydrogen (secondary N) is 1. The fraction of sp³-hybridized carbons (Fsp3) is 0.385. The summed E-state index contributed by atoms with van der Waals surface area (Å²) >= 11 is 2.92. The molecule has 6 aromatic carbocycles. The molecule has 0 bridgehead atoms. The summed E-state index contributed by atoms with van der Waals surface area (Å²) < 4.78 is 14.7. The van der Waals surface area contributed by atoms with Crippen LogP contribution in [0.5, 0.6) is 21.9 Å². The number of nitrogens with two attached hydrogens (primary N) is 1. The number of hydrogen-bond acceptors (Lipinski definition) is 15. The number of carbonyl (C=O) groups excluding carboxylic acids is 5. The highest BCUT2D eigenvalue weighted by Crippen LogP contribution is 2.58. The lowest BCUT2D eigenvalue weighted by Gasteiger charge is -2.29. The van der Waals surface area contributed by atoms with Crippen LogP contribution in [0.4, 0.5) is 0 Å². The molecule has 504 valence electrons. The highest BCUT2D eigenvalue weighted by atomic mass is 32.1. The second-order valence-electron chi connectivity index (χ2n) is 26.6. The summed E-state index contributed by atoms with van der Waals surface area (Å²) in [6.45, 7) is 0.593. The predicted octanol–water partition coefficient (Wildman–Crippen LogP) is 14.1. The van der Waals surface area contributed by atoms with E-state index in [1.54, 1.807) is 34.1 Å². The van der Waals surface area contributed by atoms with Gasteiger partial charge in [-0.1, -0.05) is 194 Å². The van der Waals surface area contributed by atoms with Gasteiger partial charge in [0.25, 0.3) is 16.3 Å². The van der Waals surface area contributed by atoms with Crippen LogP contribution in [0.15, 0.2) is 194 Å². The number of benzene rings is 6. The largest absolute Gasteiger partial charge is 0.481 e. The van der Waals surface area contributed by atoms with Crippen LogP contribution in [0, 0.1) is 34.5 Å². The number of para-hydroxylation sites is 4. The summed E-state index contributed by atoms with van der Waals surface area (Å²) in [6, 6.07) is 52.7. The Kier molecular flexibility index (Phi) is 22.3. The molecule has 4 fully saturated rings. The number of carboxylic acids is 1. The average molecular weight is 1350 g/mol. The van der Waals surface area contributed by atoms with E-state index < -0.39 is 28.9 Å². The van der Waals surface area contributed by atoms with Crippen molar-refractivity contribution in [1.82, 2.24) is 25.2 Å².